The first-order valence-electron chi connectivity index (χ1n) is 5.85. The molecule has 0 fully saturated rings. The molecule has 0 aliphatic carbocycles. The highest BCUT2D eigenvalue weighted by Crippen LogP contribution is 2.36. The Morgan fingerprint density at radius 3 is 2.35 bits per heavy atom. The second kappa shape index (κ2) is 4.19. The number of hydrogen-bond acceptors (Lipinski definition) is 2. The van der Waals surface area contributed by atoms with Gasteiger partial charge in [-0.05, 0) is 47.7 Å². The highest BCUT2D eigenvalue weighted by Gasteiger charge is 2.17. The molecule has 0 saturated carbocycles. The molecule has 0 unspecified atom stereocenters. The van der Waals surface area contributed by atoms with Crippen LogP contribution in [0.25, 0.3) is 10.4 Å². The lowest BCUT2D eigenvalue weighted by atomic mass is 9.95. The molecule has 0 spiro atoms. The van der Waals surface area contributed by atoms with E-state index in [4.69, 9.17) is 5.73 Å². The van der Waals surface area contributed by atoms with Gasteiger partial charge in [-0.15, -0.1) is 11.3 Å². The van der Waals surface area contributed by atoms with Gasteiger partial charge in [-0.1, -0.05) is 26.8 Å². The minimum absolute atomic E-state index is 0.219. The van der Waals surface area contributed by atoms with Crippen LogP contribution in [-0.4, -0.2) is 0 Å². The van der Waals surface area contributed by atoms with Crippen molar-refractivity contribution in [1.29, 1.82) is 0 Å². The molecule has 0 bridgehead atoms. The molecule has 0 saturated heterocycles. The van der Waals surface area contributed by atoms with Crippen molar-refractivity contribution in [2.45, 2.75) is 33.1 Å². The van der Waals surface area contributed by atoms with E-state index in [1.807, 2.05) is 17.4 Å². The number of anilines is 1. The third-order valence-electron chi connectivity index (χ3n) is 2.87. The predicted molar refractivity (Wildman–Crippen MR) is 77.6 cm³/mol. The zero-order valence-corrected chi connectivity index (χ0v) is 11.7. The summed E-state index contributed by atoms with van der Waals surface area (Å²) in [6.07, 6.45) is 0. The third-order valence-corrected chi connectivity index (χ3v) is 4.42. The molecule has 2 heteroatoms. The SMILES string of the molecule is Cc1ccc(N)cc1-c1ccc(C(C)(C)C)s1. The highest BCUT2D eigenvalue weighted by atomic mass is 32.1. The Bertz CT molecular complexity index is 532. The van der Waals surface area contributed by atoms with Crippen molar-refractivity contribution in [2.24, 2.45) is 0 Å². The molecule has 0 aliphatic heterocycles. The number of thiophene rings is 1. The Hall–Kier alpha value is -1.28. The summed E-state index contributed by atoms with van der Waals surface area (Å²) in [6, 6.07) is 10.5. The molecular formula is C15H19NS. The molecule has 2 aromatic rings. The van der Waals surface area contributed by atoms with Gasteiger partial charge in [0.05, 0.1) is 0 Å². The second-order valence-electron chi connectivity index (χ2n) is 5.49. The number of aryl methyl sites for hydroxylation is 1. The maximum Gasteiger partial charge on any atom is 0.0349 e. The first-order valence-corrected chi connectivity index (χ1v) is 6.66. The van der Waals surface area contributed by atoms with E-state index in [2.05, 4.69) is 52.0 Å². The number of benzene rings is 1. The lowest BCUT2D eigenvalue weighted by Crippen LogP contribution is -2.07. The van der Waals surface area contributed by atoms with Crippen molar-refractivity contribution in [3.8, 4) is 10.4 Å². The third kappa shape index (κ3) is 2.52. The average molecular weight is 245 g/mol. The van der Waals surface area contributed by atoms with Crippen LogP contribution in [0.5, 0.6) is 0 Å². The van der Waals surface area contributed by atoms with Gasteiger partial charge in [-0.25, -0.2) is 0 Å². The van der Waals surface area contributed by atoms with E-state index in [0.717, 1.165) is 5.69 Å². The van der Waals surface area contributed by atoms with Crippen LogP contribution in [0.4, 0.5) is 5.69 Å². The van der Waals surface area contributed by atoms with E-state index < -0.39 is 0 Å². The van der Waals surface area contributed by atoms with E-state index in [-0.39, 0.29) is 5.41 Å². The smallest absolute Gasteiger partial charge is 0.0349 e. The van der Waals surface area contributed by atoms with Crippen LogP contribution in [0, 0.1) is 6.92 Å². The van der Waals surface area contributed by atoms with E-state index >= 15 is 0 Å². The van der Waals surface area contributed by atoms with Crippen LogP contribution in [0.2, 0.25) is 0 Å². The highest BCUT2D eigenvalue weighted by molar-refractivity contribution is 7.15. The van der Waals surface area contributed by atoms with Gasteiger partial charge in [0.1, 0.15) is 0 Å². The van der Waals surface area contributed by atoms with Crippen LogP contribution in [0.3, 0.4) is 0 Å². The van der Waals surface area contributed by atoms with E-state index in [1.165, 1.54) is 20.9 Å². The first kappa shape index (κ1) is 12.2. The monoisotopic (exact) mass is 245 g/mol. The number of nitrogens with two attached hydrogens (primary N) is 1. The van der Waals surface area contributed by atoms with Crippen LogP contribution < -0.4 is 5.73 Å². The van der Waals surface area contributed by atoms with Crippen LogP contribution in [0.1, 0.15) is 31.2 Å². The fraction of sp³-hybridized carbons (Fsp3) is 0.333. The minimum Gasteiger partial charge on any atom is -0.399 e. The minimum atomic E-state index is 0.219. The average Bonchev–Trinajstić information content (AvgIpc) is 2.70. The second-order valence-corrected chi connectivity index (χ2v) is 6.57. The molecule has 1 heterocycles. The summed E-state index contributed by atoms with van der Waals surface area (Å²) in [5.74, 6) is 0. The van der Waals surface area contributed by atoms with Crippen molar-refractivity contribution < 1.29 is 0 Å². The Kier molecular flexibility index (Phi) is 3.00. The van der Waals surface area contributed by atoms with Crippen LogP contribution in [-0.2, 0) is 5.41 Å². The fourth-order valence-corrected chi connectivity index (χ4v) is 2.94. The topological polar surface area (TPSA) is 26.0 Å². The summed E-state index contributed by atoms with van der Waals surface area (Å²) in [5.41, 5.74) is 9.45. The van der Waals surface area contributed by atoms with Crippen molar-refractivity contribution in [3.63, 3.8) is 0 Å². The molecule has 0 aliphatic rings. The molecule has 90 valence electrons. The van der Waals surface area contributed by atoms with Crippen molar-refractivity contribution in [3.05, 3.63) is 40.8 Å². The zero-order valence-electron chi connectivity index (χ0n) is 10.9. The molecule has 0 amide bonds. The lowest BCUT2D eigenvalue weighted by molar-refractivity contribution is 0.604. The fourth-order valence-electron chi connectivity index (χ4n) is 1.79. The predicted octanol–water partition coefficient (Wildman–Crippen LogP) is 4.60. The van der Waals surface area contributed by atoms with Crippen molar-refractivity contribution >= 4 is 17.0 Å². The Morgan fingerprint density at radius 2 is 1.76 bits per heavy atom. The van der Waals surface area contributed by atoms with Gasteiger partial charge < -0.3 is 5.73 Å². The van der Waals surface area contributed by atoms with Crippen molar-refractivity contribution in [1.82, 2.24) is 0 Å². The molecule has 1 nitrogen and oxygen atoms in total. The Labute approximate surface area is 107 Å². The molecule has 17 heavy (non-hydrogen) atoms. The van der Waals surface area contributed by atoms with Gasteiger partial charge in [0.15, 0.2) is 0 Å². The Morgan fingerprint density at radius 1 is 1.06 bits per heavy atom. The van der Waals surface area contributed by atoms with E-state index in [1.54, 1.807) is 0 Å². The van der Waals surface area contributed by atoms with E-state index in [0.29, 0.717) is 0 Å². The van der Waals surface area contributed by atoms with Gasteiger partial charge in [0, 0.05) is 15.4 Å². The molecule has 2 N–H and O–H groups in total. The molecule has 2 rings (SSSR count). The van der Waals surface area contributed by atoms with Gasteiger partial charge in [0.2, 0.25) is 0 Å². The van der Waals surface area contributed by atoms with Crippen LogP contribution >= 0.6 is 11.3 Å². The number of rotatable bonds is 1. The van der Waals surface area contributed by atoms with Gasteiger partial charge in [-0.3, -0.25) is 0 Å². The van der Waals surface area contributed by atoms with Gasteiger partial charge in [0.25, 0.3) is 0 Å². The summed E-state index contributed by atoms with van der Waals surface area (Å²) in [5, 5.41) is 0. The van der Waals surface area contributed by atoms with Crippen molar-refractivity contribution in [2.75, 3.05) is 5.73 Å². The molecule has 1 aromatic heterocycles. The van der Waals surface area contributed by atoms with Gasteiger partial charge >= 0.3 is 0 Å². The maximum absolute atomic E-state index is 5.86. The normalized spacial score (nSPS) is 11.8. The summed E-state index contributed by atoms with van der Waals surface area (Å²) in [7, 11) is 0. The zero-order chi connectivity index (χ0) is 12.6. The van der Waals surface area contributed by atoms with Crippen LogP contribution in [0.15, 0.2) is 30.3 Å². The Balaban J connectivity index is 2.47. The number of nitrogen functional groups attached to an aromatic ring is 1. The lowest BCUT2D eigenvalue weighted by Gasteiger charge is -2.15. The summed E-state index contributed by atoms with van der Waals surface area (Å²) in [6.45, 7) is 8.86. The molecule has 0 radical (unpaired) electrons. The first-order chi connectivity index (χ1) is 7.88. The quantitative estimate of drug-likeness (QED) is 0.730. The molecule has 1 aromatic carbocycles. The summed E-state index contributed by atoms with van der Waals surface area (Å²) in [4.78, 5) is 2.72. The van der Waals surface area contributed by atoms with E-state index in [9.17, 15) is 0 Å². The standard InChI is InChI=1S/C15H19NS/c1-10-5-6-11(16)9-12(10)13-7-8-14(17-13)15(2,3)4/h5-9H,16H2,1-4H3. The van der Waals surface area contributed by atoms with Gasteiger partial charge in [-0.2, -0.15) is 0 Å². The summed E-state index contributed by atoms with van der Waals surface area (Å²) < 4.78 is 0. The number of hydrogen-bond donors (Lipinski definition) is 1. The molecular weight excluding hydrogens is 226 g/mol. The largest absolute Gasteiger partial charge is 0.399 e. The molecule has 0 atom stereocenters. The summed E-state index contributed by atoms with van der Waals surface area (Å²) >= 11 is 1.86. The maximum atomic E-state index is 5.86.